The third-order valence-corrected chi connectivity index (χ3v) is 4.31. The smallest absolute Gasteiger partial charge is 0.222 e. The first-order valence-electron chi connectivity index (χ1n) is 6.59. The first-order valence-corrected chi connectivity index (χ1v) is 6.59. The van der Waals surface area contributed by atoms with Gasteiger partial charge in [0.1, 0.15) is 0 Å². The lowest BCUT2D eigenvalue weighted by molar-refractivity contribution is -0.132. The highest BCUT2D eigenvalue weighted by atomic mass is 16.2. The van der Waals surface area contributed by atoms with Crippen LogP contribution < -0.4 is 0 Å². The maximum absolute atomic E-state index is 11.8. The Bertz CT molecular complexity index is 265. The SMILES string of the molecule is CC(C)N1CC[C@@H]2[C@@H](CCCC(=O)N2C)C1. The molecule has 0 unspecified atom stereocenters. The Labute approximate surface area is 98.8 Å². The Hall–Kier alpha value is -0.570. The molecule has 3 nitrogen and oxygen atoms in total. The average Bonchev–Trinajstić information content (AvgIpc) is 2.40. The van der Waals surface area contributed by atoms with E-state index < -0.39 is 0 Å². The van der Waals surface area contributed by atoms with Gasteiger partial charge in [0.15, 0.2) is 0 Å². The van der Waals surface area contributed by atoms with Gasteiger partial charge in [-0.15, -0.1) is 0 Å². The molecule has 0 radical (unpaired) electrons. The van der Waals surface area contributed by atoms with Crippen LogP contribution >= 0.6 is 0 Å². The van der Waals surface area contributed by atoms with E-state index in [1.807, 2.05) is 11.9 Å². The van der Waals surface area contributed by atoms with Crippen LogP contribution in [0, 0.1) is 5.92 Å². The lowest BCUT2D eigenvalue weighted by atomic mass is 9.88. The van der Waals surface area contributed by atoms with Crippen LogP contribution in [0.15, 0.2) is 0 Å². The summed E-state index contributed by atoms with van der Waals surface area (Å²) in [7, 11) is 2.00. The average molecular weight is 224 g/mol. The molecule has 2 rings (SSSR count). The van der Waals surface area contributed by atoms with Gasteiger partial charge in [-0.25, -0.2) is 0 Å². The van der Waals surface area contributed by atoms with Gasteiger partial charge >= 0.3 is 0 Å². The van der Waals surface area contributed by atoms with E-state index in [0.29, 0.717) is 23.9 Å². The molecular formula is C13H24N2O. The highest BCUT2D eigenvalue weighted by Gasteiger charge is 2.35. The van der Waals surface area contributed by atoms with E-state index in [-0.39, 0.29) is 0 Å². The fraction of sp³-hybridized carbons (Fsp3) is 0.923. The van der Waals surface area contributed by atoms with Crippen molar-refractivity contribution >= 4 is 5.91 Å². The molecule has 2 saturated heterocycles. The van der Waals surface area contributed by atoms with Gasteiger partial charge < -0.3 is 9.80 Å². The molecule has 1 amide bonds. The van der Waals surface area contributed by atoms with E-state index in [0.717, 1.165) is 25.8 Å². The van der Waals surface area contributed by atoms with Crippen LogP contribution in [0.3, 0.4) is 0 Å². The largest absolute Gasteiger partial charge is 0.342 e. The highest BCUT2D eigenvalue weighted by molar-refractivity contribution is 5.76. The molecule has 0 aromatic carbocycles. The van der Waals surface area contributed by atoms with E-state index in [2.05, 4.69) is 18.7 Å². The van der Waals surface area contributed by atoms with Crippen LogP contribution in [0.25, 0.3) is 0 Å². The fourth-order valence-electron chi connectivity index (χ4n) is 3.19. The molecule has 0 aromatic rings. The van der Waals surface area contributed by atoms with Crippen LogP contribution in [-0.4, -0.2) is 47.9 Å². The van der Waals surface area contributed by atoms with Crippen LogP contribution in [0.1, 0.15) is 39.5 Å². The van der Waals surface area contributed by atoms with Crippen LogP contribution in [0.5, 0.6) is 0 Å². The molecule has 16 heavy (non-hydrogen) atoms. The molecule has 92 valence electrons. The molecule has 2 atom stereocenters. The van der Waals surface area contributed by atoms with Crippen molar-refractivity contribution in [2.45, 2.75) is 51.6 Å². The van der Waals surface area contributed by atoms with Crippen LogP contribution in [0.4, 0.5) is 0 Å². The number of nitrogens with zero attached hydrogens (tertiary/aromatic N) is 2. The molecule has 0 aliphatic carbocycles. The van der Waals surface area contributed by atoms with Crippen molar-refractivity contribution in [3.8, 4) is 0 Å². The van der Waals surface area contributed by atoms with Gasteiger partial charge in [0.2, 0.25) is 5.91 Å². The lowest BCUT2D eigenvalue weighted by Crippen LogP contribution is -2.51. The van der Waals surface area contributed by atoms with Crippen molar-refractivity contribution in [2.75, 3.05) is 20.1 Å². The minimum atomic E-state index is 0.352. The Morgan fingerprint density at radius 3 is 2.75 bits per heavy atom. The number of rotatable bonds is 1. The number of amides is 1. The summed E-state index contributed by atoms with van der Waals surface area (Å²) < 4.78 is 0. The Morgan fingerprint density at radius 2 is 2.06 bits per heavy atom. The van der Waals surface area contributed by atoms with E-state index in [1.165, 1.54) is 13.0 Å². The molecule has 0 spiro atoms. The van der Waals surface area contributed by atoms with Gasteiger partial charge in [-0.2, -0.15) is 0 Å². The standard InChI is InChI=1S/C13H24N2O/c1-10(2)15-8-7-12-11(9-15)5-4-6-13(16)14(12)3/h10-12H,4-9H2,1-3H3/t11-,12+/m0/s1. The van der Waals surface area contributed by atoms with E-state index >= 15 is 0 Å². The first-order chi connectivity index (χ1) is 7.59. The maximum atomic E-state index is 11.8. The second kappa shape index (κ2) is 4.74. The minimum absolute atomic E-state index is 0.352. The van der Waals surface area contributed by atoms with Crippen LogP contribution in [-0.2, 0) is 4.79 Å². The Morgan fingerprint density at radius 1 is 1.31 bits per heavy atom. The molecule has 0 saturated carbocycles. The van der Waals surface area contributed by atoms with Crippen molar-refractivity contribution in [1.29, 1.82) is 0 Å². The molecule has 2 fully saturated rings. The summed E-state index contributed by atoms with van der Waals surface area (Å²) >= 11 is 0. The molecule has 2 heterocycles. The third kappa shape index (κ3) is 2.24. The normalized spacial score (nSPS) is 32.8. The van der Waals surface area contributed by atoms with Crippen LogP contribution in [0.2, 0.25) is 0 Å². The number of hydrogen-bond donors (Lipinski definition) is 0. The monoisotopic (exact) mass is 224 g/mol. The summed E-state index contributed by atoms with van der Waals surface area (Å²) in [6, 6.07) is 1.15. The molecular weight excluding hydrogens is 200 g/mol. The number of carbonyl (C=O) groups is 1. The van der Waals surface area contributed by atoms with E-state index in [4.69, 9.17) is 0 Å². The van der Waals surface area contributed by atoms with Gasteiger partial charge in [0.25, 0.3) is 0 Å². The summed E-state index contributed by atoms with van der Waals surface area (Å²) in [5, 5.41) is 0. The number of carbonyl (C=O) groups excluding carboxylic acids is 1. The Balaban J connectivity index is 2.06. The fourth-order valence-corrected chi connectivity index (χ4v) is 3.19. The van der Waals surface area contributed by atoms with Crippen molar-refractivity contribution < 1.29 is 4.79 Å². The summed E-state index contributed by atoms with van der Waals surface area (Å²) in [6.45, 7) is 6.87. The number of piperidine rings is 1. The van der Waals surface area contributed by atoms with Gasteiger partial charge in [-0.1, -0.05) is 0 Å². The summed E-state index contributed by atoms with van der Waals surface area (Å²) in [5.41, 5.74) is 0. The lowest BCUT2D eigenvalue weighted by Gasteiger charge is -2.43. The molecule has 0 aromatic heterocycles. The molecule has 2 aliphatic rings. The van der Waals surface area contributed by atoms with Gasteiger partial charge in [0.05, 0.1) is 0 Å². The number of hydrogen-bond acceptors (Lipinski definition) is 2. The number of likely N-dealkylation sites (tertiary alicyclic amines) is 2. The molecule has 0 N–H and O–H groups in total. The second-order valence-electron chi connectivity index (χ2n) is 5.60. The topological polar surface area (TPSA) is 23.6 Å². The third-order valence-electron chi connectivity index (χ3n) is 4.31. The molecule has 3 heteroatoms. The Kier molecular flexibility index (Phi) is 3.53. The van der Waals surface area contributed by atoms with Gasteiger partial charge in [-0.3, -0.25) is 4.79 Å². The second-order valence-corrected chi connectivity index (χ2v) is 5.60. The quantitative estimate of drug-likeness (QED) is 0.677. The summed E-state index contributed by atoms with van der Waals surface area (Å²) in [6.07, 6.45) is 4.22. The zero-order valence-corrected chi connectivity index (χ0v) is 10.8. The predicted octanol–water partition coefficient (Wildman–Crippen LogP) is 1.73. The van der Waals surface area contributed by atoms with E-state index in [1.54, 1.807) is 0 Å². The molecule has 2 aliphatic heterocycles. The highest BCUT2D eigenvalue weighted by Crippen LogP contribution is 2.30. The van der Waals surface area contributed by atoms with Crippen molar-refractivity contribution in [3.05, 3.63) is 0 Å². The predicted molar refractivity (Wildman–Crippen MR) is 65.2 cm³/mol. The van der Waals surface area contributed by atoms with Crippen molar-refractivity contribution in [1.82, 2.24) is 9.80 Å². The van der Waals surface area contributed by atoms with Crippen molar-refractivity contribution in [3.63, 3.8) is 0 Å². The summed E-state index contributed by atoms with van der Waals surface area (Å²) in [4.78, 5) is 16.4. The van der Waals surface area contributed by atoms with Gasteiger partial charge in [0, 0.05) is 38.6 Å². The number of fused-ring (bicyclic) bond motifs is 1. The van der Waals surface area contributed by atoms with Gasteiger partial charge in [-0.05, 0) is 39.0 Å². The minimum Gasteiger partial charge on any atom is -0.342 e. The van der Waals surface area contributed by atoms with E-state index in [9.17, 15) is 4.79 Å². The zero-order chi connectivity index (χ0) is 11.7. The maximum Gasteiger partial charge on any atom is 0.222 e. The molecule has 0 bridgehead atoms. The van der Waals surface area contributed by atoms with Crippen molar-refractivity contribution in [2.24, 2.45) is 5.92 Å². The first kappa shape index (κ1) is 11.9. The summed E-state index contributed by atoms with van der Waals surface area (Å²) in [5.74, 6) is 1.05. The zero-order valence-electron chi connectivity index (χ0n) is 10.8.